The van der Waals surface area contributed by atoms with Crippen LogP contribution in [0.1, 0.15) is 0 Å². The lowest BCUT2D eigenvalue weighted by molar-refractivity contribution is -0.146. The van der Waals surface area contributed by atoms with E-state index in [-0.39, 0.29) is 18.0 Å². The van der Waals surface area contributed by atoms with Gasteiger partial charge in [-0.05, 0) is 12.2 Å². The van der Waals surface area contributed by atoms with Gasteiger partial charge in [0.05, 0.1) is 5.92 Å². The van der Waals surface area contributed by atoms with Crippen molar-refractivity contribution in [1.29, 1.82) is 0 Å². The van der Waals surface area contributed by atoms with Crippen LogP contribution in [0.5, 0.6) is 0 Å². The molecule has 0 aromatic carbocycles. The topological polar surface area (TPSA) is 26.3 Å². The lowest BCUT2D eigenvalue weighted by Crippen LogP contribution is -2.18. The molecule has 0 heterocycles. The highest BCUT2D eigenvalue weighted by Gasteiger charge is 2.18. The van der Waals surface area contributed by atoms with Gasteiger partial charge in [0.25, 0.3) is 0 Å². The van der Waals surface area contributed by atoms with Gasteiger partial charge in [0, 0.05) is 0 Å². The summed E-state index contributed by atoms with van der Waals surface area (Å²) in [4.78, 5) is 11.4. The second-order valence-electron chi connectivity index (χ2n) is 2.97. The normalized spacial score (nSPS) is 20.3. The van der Waals surface area contributed by atoms with E-state index in [2.05, 4.69) is 0 Å². The molecule has 0 saturated heterocycles. The van der Waals surface area contributed by atoms with Gasteiger partial charge in [0.15, 0.2) is 0 Å². The standard InChI is InChI=1S/C11H10O2/c12-11(9-5-1-2-6-9)13-10-7-3-4-8-10/h1-10H. The molecule has 2 rings (SSSR count). The lowest BCUT2D eigenvalue weighted by atomic mass is 10.2. The molecule has 2 nitrogen and oxygen atoms in total. The summed E-state index contributed by atoms with van der Waals surface area (Å²) in [5, 5.41) is 0. The maximum Gasteiger partial charge on any atom is 0.317 e. The highest BCUT2D eigenvalue weighted by Crippen LogP contribution is 2.14. The van der Waals surface area contributed by atoms with E-state index in [1.807, 2.05) is 48.6 Å². The molecule has 0 atom stereocenters. The Morgan fingerprint density at radius 3 is 2.08 bits per heavy atom. The van der Waals surface area contributed by atoms with Crippen LogP contribution in [-0.2, 0) is 9.53 Å². The molecule has 2 aliphatic rings. The molecule has 0 fully saturated rings. The third kappa shape index (κ3) is 1.78. The smallest absolute Gasteiger partial charge is 0.317 e. The Bertz CT molecular complexity index is 297. The summed E-state index contributed by atoms with van der Waals surface area (Å²) >= 11 is 0. The first-order valence-corrected chi connectivity index (χ1v) is 4.27. The van der Waals surface area contributed by atoms with Crippen molar-refractivity contribution in [2.45, 2.75) is 6.10 Å². The van der Waals surface area contributed by atoms with Crippen LogP contribution in [0.25, 0.3) is 0 Å². The first-order valence-electron chi connectivity index (χ1n) is 4.27. The molecule has 2 heteroatoms. The average molecular weight is 174 g/mol. The van der Waals surface area contributed by atoms with Crippen LogP contribution in [0.15, 0.2) is 48.6 Å². The van der Waals surface area contributed by atoms with E-state index in [1.165, 1.54) is 0 Å². The van der Waals surface area contributed by atoms with Gasteiger partial charge in [-0.15, -0.1) is 0 Å². The van der Waals surface area contributed by atoms with Gasteiger partial charge in [-0.3, -0.25) is 4.79 Å². The predicted molar refractivity (Wildman–Crippen MR) is 49.9 cm³/mol. The summed E-state index contributed by atoms with van der Waals surface area (Å²) in [5.41, 5.74) is 0. The molecule has 0 aliphatic heterocycles. The third-order valence-corrected chi connectivity index (χ3v) is 1.99. The van der Waals surface area contributed by atoms with E-state index < -0.39 is 0 Å². The van der Waals surface area contributed by atoms with Crippen molar-refractivity contribution in [2.75, 3.05) is 0 Å². The van der Waals surface area contributed by atoms with Gasteiger partial charge >= 0.3 is 5.97 Å². The number of ether oxygens (including phenoxy) is 1. The van der Waals surface area contributed by atoms with Gasteiger partial charge in [-0.1, -0.05) is 36.5 Å². The summed E-state index contributed by atoms with van der Waals surface area (Å²) in [6.07, 6.45) is 14.6. The van der Waals surface area contributed by atoms with Gasteiger partial charge in [0.2, 0.25) is 0 Å². The fourth-order valence-corrected chi connectivity index (χ4v) is 1.29. The van der Waals surface area contributed by atoms with E-state index >= 15 is 0 Å². The summed E-state index contributed by atoms with van der Waals surface area (Å²) in [5.74, 6) is -0.381. The van der Waals surface area contributed by atoms with Gasteiger partial charge in [-0.2, -0.15) is 0 Å². The van der Waals surface area contributed by atoms with Gasteiger partial charge < -0.3 is 4.74 Å². The Hall–Kier alpha value is -1.57. The molecule has 0 radical (unpaired) electrons. The fraction of sp³-hybridized carbons (Fsp3) is 0.182. The largest absolute Gasteiger partial charge is 0.453 e. The first kappa shape index (κ1) is 8.05. The first-order chi connectivity index (χ1) is 6.36. The van der Waals surface area contributed by atoms with Crippen LogP contribution in [0.2, 0.25) is 0 Å². The number of carbonyl (C=O) groups is 1. The van der Waals surface area contributed by atoms with Crippen LogP contribution >= 0.6 is 0 Å². The molecule has 2 aliphatic carbocycles. The van der Waals surface area contributed by atoms with E-state index in [4.69, 9.17) is 4.74 Å². The van der Waals surface area contributed by atoms with Crippen molar-refractivity contribution in [3.8, 4) is 0 Å². The van der Waals surface area contributed by atoms with E-state index in [9.17, 15) is 4.79 Å². The Balaban J connectivity index is 1.91. The second-order valence-corrected chi connectivity index (χ2v) is 2.97. The number of hydrogen-bond donors (Lipinski definition) is 0. The van der Waals surface area contributed by atoms with E-state index in [1.54, 1.807) is 0 Å². The van der Waals surface area contributed by atoms with Crippen molar-refractivity contribution in [2.24, 2.45) is 5.92 Å². The molecule has 0 amide bonds. The number of esters is 1. The lowest BCUT2D eigenvalue weighted by Gasteiger charge is -2.10. The molecule has 0 bridgehead atoms. The summed E-state index contributed by atoms with van der Waals surface area (Å²) in [6.45, 7) is 0. The third-order valence-electron chi connectivity index (χ3n) is 1.99. The van der Waals surface area contributed by atoms with Crippen molar-refractivity contribution >= 4 is 5.97 Å². The summed E-state index contributed by atoms with van der Waals surface area (Å²) < 4.78 is 5.18. The van der Waals surface area contributed by atoms with Crippen LogP contribution in [0.4, 0.5) is 0 Å². The molecule has 0 N–H and O–H groups in total. The molecule has 0 unspecified atom stereocenters. The molecule has 13 heavy (non-hydrogen) atoms. The molecule has 0 aromatic heterocycles. The molecule has 0 saturated carbocycles. The Morgan fingerprint density at radius 2 is 1.46 bits per heavy atom. The highest BCUT2D eigenvalue weighted by molar-refractivity contribution is 5.78. The van der Waals surface area contributed by atoms with Gasteiger partial charge in [0.1, 0.15) is 6.10 Å². The zero-order valence-electron chi connectivity index (χ0n) is 7.09. The molecular weight excluding hydrogens is 164 g/mol. The zero-order valence-corrected chi connectivity index (χ0v) is 7.09. The van der Waals surface area contributed by atoms with Crippen molar-refractivity contribution in [1.82, 2.24) is 0 Å². The van der Waals surface area contributed by atoms with Crippen LogP contribution in [-0.4, -0.2) is 12.1 Å². The number of rotatable bonds is 2. The number of allylic oxidation sites excluding steroid dienone is 4. The Kier molecular flexibility index (Phi) is 2.13. The van der Waals surface area contributed by atoms with Crippen LogP contribution < -0.4 is 0 Å². The molecule has 66 valence electrons. The Morgan fingerprint density at radius 1 is 0.923 bits per heavy atom. The minimum Gasteiger partial charge on any atom is -0.453 e. The minimum atomic E-state index is -0.192. The predicted octanol–water partition coefficient (Wildman–Crippen LogP) is 1.77. The molecule has 0 aromatic rings. The zero-order chi connectivity index (χ0) is 9.10. The van der Waals surface area contributed by atoms with Crippen molar-refractivity contribution in [3.63, 3.8) is 0 Å². The second kappa shape index (κ2) is 3.44. The van der Waals surface area contributed by atoms with Crippen molar-refractivity contribution < 1.29 is 9.53 Å². The quantitative estimate of drug-likeness (QED) is 0.596. The molecule has 0 spiro atoms. The Labute approximate surface area is 76.9 Å². The monoisotopic (exact) mass is 174 g/mol. The minimum absolute atomic E-state index is 0.171. The maximum absolute atomic E-state index is 11.4. The number of hydrogen-bond acceptors (Lipinski definition) is 2. The molecular formula is C11H10O2. The van der Waals surface area contributed by atoms with E-state index in [0.29, 0.717) is 0 Å². The highest BCUT2D eigenvalue weighted by atomic mass is 16.5. The summed E-state index contributed by atoms with van der Waals surface area (Å²) in [6, 6.07) is 0. The van der Waals surface area contributed by atoms with Crippen LogP contribution in [0, 0.1) is 5.92 Å². The van der Waals surface area contributed by atoms with Gasteiger partial charge in [-0.25, -0.2) is 0 Å². The summed E-state index contributed by atoms with van der Waals surface area (Å²) in [7, 11) is 0. The van der Waals surface area contributed by atoms with E-state index in [0.717, 1.165) is 0 Å². The SMILES string of the molecule is O=C(OC1C=CC=C1)C1C=CC=C1. The number of carbonyl (C=O) groups excluding carboxylic acids is 1. The van der Waals surface area contributed by atoms with Crippen molar-refractivity contribution in [3.05, 3.63) is 48.6 Å². The average Bonchev–Trinajstić information content (AvgIpc) is 2.74. The fourth-order valence-electron chi connectivity index (χ4n) is 1.29. The van der Waals surface area contributed by atoms with Crippen LogP contribution in [0.3, 0.4) is 0 Å². The maximum atomic E-state index is 11.4.